The number of carbonyl (C=O) groups is 2. The van der Waals surface area contributed by atoms with Crippen LogP contribution in [0.1, 0.15) is 20.8 Å². The highest BCUT2D eigenvalue weighted by Gasteiger charge is 2.48. The van der Waals surface area contributed by atoms with Crippen LogP contribution < -0.4 is 9.62 Å². The lowest BCUT2D eigenvalue weighted by Gasteiger charge is -2.29. The first kappa shape index (κ1) is 16.7. The summed E-state index contributed by atoms with van der Waals surface area (Å²) >= 11 is 1.14. The number of carbonyl (C=O) groups excluding carboxylic acids is 2. The lowest BCUT2D eigenvalue weighted by molar-refractivity contribution is -0.115. The maximum absolute atomic E-state index is 12.6. The number of hydrogen-bond donors (Lipinski definition) is 1. The van der Waals surface area contributed by atoms with Gasteiger partial charge in [-0.2, -0.15) is 0 Å². The second-order valence-electron chi connectivity index (χ2n) is 5.65. The minimum Gasteiger partial charge on any atom is -0.324 e. The molecule has 1 aliphatic heterocycles. The maximum atomic E-state index is 12.6. The molecule has 2 aromatic rings. The van der Waals surface area contributed by atoms with Crippen LogP contribution in [0.3, 0.4) is 0 Å². The molecular formula is C16H16N2O4S2. The van der Waals surface area contributed by atoms with Gasteiger partial charge in [-0.1, -0.05) is 18.2 Å². The highest BCUT2D eigenvalue weighted by atomic mass is 32.2. The molecule has 1 amide bonds. The monoisotopic (exact) mass is 364 g/mol. The van der Waals surface area contributed by atoms with E-state index in [1.165, 1.54) is 7.05 Å². The van der Waals surface area contributed by atoms with E-state index >= 15 is 0 Å². The van der Waals surface area contributed by atoms with Crippen molar-refractivity contribution in [2.75, 3.05) is 16.7 Å². The van der Waals surface area contributed by atoms with Crippen molar-refractivity contribution in [2.24, 2.45) is 0 Å². The molecule has 3 rings (SSSR count). The summed E-state index contributed by atoms with van der Waals surface area (Å²) < 4.78 is 26.3. The Kier molecular flexibility index (Phi) is 3.97. The molecule has 0 spiro atoms. The van der Waals surface area contributed by atoms with Crippen molar-refractivity contribution in [3.05, 3.63) is 45.6 Å². The van der Waals surface area contributed by atoms with Gasteiger partial charge in [-0.25, -0.2) is 8.42 Å². The Balaban J connectivity index is 2.02. The summed E-state index contributed by atoms with van der Waals surface area (Å²) in [5.74, 6) is -1.51. The number of nitrogens with zero attached hydrogens (tertiary/aromatic N) is 1. The summed E-state index contributed by atoms with van der Waals surface area (Å²) in [6.07, 6.45) is 0. The summed E-state index contributed by atoms with van der Waals surface area (Å²) in [6, 6.07) is 7.02. The molecule has 0 radical (unpaired) electrons. The van der Waals surface area contributed by atoms with Crippen LogP contribution in [-0.2, 0) is 14.8 Å². The van der Waals surface area contributed by atoms with Crippen molar-refractivity contribution in [1.82, 2.24) is 0 Å². The van der Waals surface area contributed by atoms with Crippen molar-refractivity contribution < 1.29 is 18.0 Å². The summed E-state index contributed by atoms with van der Waals surface area (Å²) in [4.78, 5) is 25.5. The minimum atomic E-state index is -4.10. The van der Waals surface area contributed by atoms with Crippen LogP contribution in [0.2, 0.25) is 0 Å². The van der Waals surface area contributed by atoms with E-state index in [1.54, 1.807) is 11.4 Å². The number of Topliss-reactive ketones (excluding diaryl/α,β-unsaturated/α-hetero) is 1. The third kappa shape index (κ3) is 2.42. The molecule has 126 valence electrons. The number of rotatable bonds is 2. The number of nitrogens with one attached hydrogen (secondary N) is 1. The van der Waals surface area contributed by atoms with Gasteiger partial charge >= 0.3 is 0 Å². The first-order chi connectivity index (χ1) is 11.2. The van der Waals surface area contributed by atoms with Crippen molar-refractivity contribution in [3.8, 4) is 0 Å². The van der Waals surface area contributed by atoms with E-state index in [2.05, 4.69) is 5.32 Å². The smallest absolute Gasteiger partial charge is 0.254 e. The second-order valence-corrected chi connectivity index (χ2v) is 8.61. The normalized spacial score (nSPS) is 19.0. The molecule has 1 N–H and O–H groups in total. The van der Waals surface area contributed by atoms with Crippen LogP contribution in [-0.4, -0.2) is 32.4 Å². The van der Waals surface area contributed by atoms with Crippen LogP contribution in [0, 0.1) is 13.8 Å². The maximum Gasteiger partial charge on any atom is 0.254 e. The summed E-state index contributed by atoms with van der Waals surface area (Å²) in [7, 11) is -2.75. The van der Waals surface area contributed by atoms with Crippen molar-refractivity contribution in [3.63, 3.8) is 0 Å². The Morgan fingerprint density at radius 3 is 2.46 bits per heavy atom. The van der Waals surface area contributed by atoms with E-state index in [-0.39, 0.29) is 4.88 Å². The molecule has 2 heterocycles. The lowest BCUT2D eigenvalue weighted by atomic mass is 10.1. The molecule has 8 heteroatoms. The van der Waals surface area contributed by atoms with Crippen LogP contribution in [0.15, 0.2) is 29.6 Å². The van der Waals surface area contributed by atoms with Gasteiger partial charge in [0.25, 0.3) is 15.9 Å². The second kappa shape index (κ2) is 5.71. The Morgan fingerprint density at radius 2 is 1.83 bits per heavy atom. The molecule has 24 heavy (non-hydrogen) atoms. The highest BCUT2D eigenvalue weighted by Crippen LogP contribution is 2.36. The molecule has 1 aliphatic rings. The number of anilines is 2. The zero-order chi connectivity index (χ0) is 17.6. The fourth-order valence-electron chi connectivity index (χ4n) is 2.74. The van der Waals surface area contributed by atoms with Gasteiger partial charge in [0.1, 0.15) is 0 Å². The molecule has 0 unspecified atom stereocenters. The van der Waals surface area contributed by atoms with E-state index in [9.17, 15) is 18.0 Å². The molecule has 1 aromatic carbocycles. The number of aryl methyl sites for hydroxylation is 2. The van der Waals surface area contributed by atoms with E-state index in [1.807, 2.05) is 32.0 Å². The Hall–Kier alpha value is -2.19. The fourth-order valence-corrected chi connectivity index (χ4v) is 5.22. The third-order valence-electron chi connectivity index (χ3n) is 4.09. The van der Waals surface area contributed by atoms with Gasteiger partial charge < -0.3 is 5.32 Å². The van der Waals surface area contributed by atoms with Crippen molar-refractivity contribution in [2.45, 2.75) is 19.1 Å². The van der Waals surface area contributed by atoms with Gasteiger partial charge in [0.05, 0.1) is 10.6 Å². The largest absolute Gasteiger partial charge is 0.324 e. The van der Waals surface area contributed by atoms with Crippen molar-refractivity contribution >= 4 is 44.4 Å². The van der Waals surface area contributed by atoms with Gasteiger partial charge in [-0.15, -0.1) is 11.3 Å². The lowest BCUT2D eigenvalue weighted by Crippen LogP contribution is -2.51. The third-order valence-corrected chi connectivity index (χ3v) is 6.99. The summed E-state index contributed by atoms with van der Waals surface area (Å²) in [6.45, 7) is 3.62. The summed E-state index contributed by atoms with van der Waals surface area (Å²) in [5.41, 5.74) is 2.45. The molecule has 6 nitrogen and oxygen atoms in total. The topological polar surface area (TPSA) is 83.6 Å². The van der Waals surface area contributed by atoms with E-state index in [0.717, 1.165) is 26.8 Å². The average molecular weight is 364 g/mol. The standard InChI is InChI=1S/C16H16N2O4S2/c1-9-5-4-6-10(2)12(9)17-16(20)15-13(19)14-11(7-8-23-14)18(3)24(15,21)22/h4-8,15H,1-3H3,(H,17,20)/t15-/m0/s1. The van der Waals surface area contributed by atoms with Crippen LogP contribution in [0.4, 0.5) is 11.4 Å². The number of fused-ring (bicyclic) bond motifs is 1. The molecule has 0 saturated carbocycles. The Morgan fingerprint density at radius 1 is 1.21 bits per heavy atom. The number of hydrogen-bond acceptors (Lipinski definition) is 5. The van der Waals surface area contributed by atoms with Crippen molar-refractivity contribution in [1.29, 1.82) is 0 Å². The predicted octanol–water partition coefficient (Wildman–Crippen LogP) is 2.33. The number of thiophene rings is 1. The molecule has 0 fully saturated rings. The quantitative estimate of drug-likeness (QED) is 0.829. The molecule has 1 aromatic heterocycles. The first-order valence-corrected chi connectivity index (χ1v) is 9.60. The van der Waals surface area contributed by atoms with E-state index in [4.69, 9.17) is 0 Å². The van der Waals surface area contributed by atoms with Gasteiger partial charge in [0, 0.05) is 12.7 Å². The number of benzene rings is 1. The van der Waals surface area contributed by atoms with Gasteiger partial charge in [-0.3, -0.25) is 13.9 Å². The molecule has 0 aliphatic carbocycles. The number of sulfonamides is 1. The zero-order valence-corrected chi connectivity index (χ0v) is 15.0. The van der Waals surface area contributed by atoms with Gasteiger partial charge in [0.2, 0.25) is 11.0 Å². The first-order valence-electron chi connectivity index (χ1n) is 7.21. The average Bonchev–Trinajstić information content (AvgIpc) is 2.99. The van der Waals surface area contributed by atoms with Gasteiger partial charge in [0.15, 0.2) is 0 Å². The minimum absolute atomic E-state index is 0.286. The molecule has 0 bridgehead atoms. The Bertz CT molecular complexity index is 926. The SMILES string of the molecule is Cc1cccc(C)c1NC(=O)[C@@H]1C(=O)c2sccc2N(C)S1(=O)=O. The summed E-state index contributed by atoms with van der Waals surface area (Å²) in [5, 5.41) is 2.49. The fraction of sp³-hybridized carbons (Fsp3) is 0.250. The number of para-hydroxylation sites is 1. The predicted molar refractivity (Wildman–Crippen MR) is 94.3 cm³/mol. The molecule has 0 saturated heterocycles. The highest BCUT2D eigenvalue weighted by molar-refractivity contribution is 7.95. The van der Waals surface area contributed by atoms with E-state index < -0.39 is 27.0 Å². The zero-order valence-electron chi connectivity index (χ0n) is 13.4. The van der Waals surface area contributed by atoms with Gasteiger partial charge in [-0.05, 0) is 36.4 Å². The number of amides is 1. The number of ketones is 1. The molecular weight excluding hydrogens is 348 g/mol. The van der Waals surface area contributed by atoms with Crippen LogP contribution in [0.25, 0.3) is 0 Å². The Labute approximate surface area is 144 Å². The van der Waals surface area contributed by atoms with Crippen LogP contribution >= 0.6 is 11.3 Å². The molecule has 1 atom stereocenters. The van der Waals surface area contributed by atoms with E-state index in [0.29, 0.717) is 11.4 Å². The van der Waals surface area contributed by atoms with Crippen LogP contribution in [0.5, 0.6) is 0 Å².